The van der Waals surface area contributed by atoms with Crippen LogP contribution in [0.25, 0.3) is 0 Å². The second-order valence-corrected chi connectivity index (χ2v) is 4.75. The Morgan fingerprint density at radius 1 is 1.15 bits per heavy atom. The summed E-state index contributed by atoms with van der Waals surface area (Å²) in [4.78, 5) is 8.76. The summed E-state index contributed by atoms with van der Waals surface area (Å²) in [6, 6.07) is 5.75. The summed E-state index contributed by atoms with van der Waals surface area (Å²) in [5, 5.41) is 6.58. The molecule has 2 heterocycles. The van der Waals surface area contributed by atoms with Crippen LogP contribution in [0.5, 0.6) is 0 Å². The molecule has 2 aromatic rings. The SMILES string of the molecule is CCCCCNc1cc(NCc2ccco2)nc(C)n1. The van der Waals surface area contributed by atoms with Crippen molar-refractivity contribution in [2.45, 2.75) is 39.7 Å². The predicted molar refractivity (Wildman–Crippen MR) is 80.8 cm³/mol. The van der Waals surface area contributed by atoms with Gasteiger partial charge in [-0.2, -0.15) is 0 Å². The highest BCUT2D eigenvalue weighted by Crippen LogP contribution is 2.13. The van der Waals surface area contributed by atoms with Crippen molar-refractivity contribution in [1.82, 2.24) is 9.97 Å². The quantitative estimate of drug-likeness (QED) is 0.720. The Bertz CT molecular complexity index is 511. The molecule has 0 saturated heterocycles. The van der Waals surface area contributed by atoms with Crippen LogP contribution in [0, 0.1) is 6.92 Å². The summed E-state index contributed by atoms with van der Waals surface area (Å²) in [5.41, 5.74) is 0. The van der Waals surface area contributed by atoms with Crippen molar-refractivity contribution in [2.24, 2.45) is 0 Å². The Hall–Kier alpha value is -2.04. The summed E-state index contributed by atoms with van der Waals surface area (Å²) in [6.45, 7) is 5.67. The van der Waals surface area contributed by atoms with Crippen LogP contribution in [0.1, 0.15) is 37.8 Å². The third-order valence-corrected chi connectivity index (χ3v) is 2.95. The van der Waals surface area contributed by atoms with Crippen LogP contribution in [-0.2, 0) is 6.54 Å². The van der Waals surface area contributed by atoms with Gasteiger partial charge < -0.3 is 15.1 Å². The van der Waals surface area contributed by atoms with Gasteiger partial charge in [-0.15, -0.1) is 0 Å². The normalized spacial score (nSPS) is 10.5. The molecular formula is C15H22N4O. The lowest BCUT2D eigenvalue weighted by atomic mass is 10.2. The average Bonchev–Trinajstić information content (AvgIpc) is 2.94. The lowest BCUT2D eigenvalue weighted by molar-refractivity contribution is 0.518. The first-order chi connectivity index (χ1) is 9.78. The minimum absolute atomic E-state index is 0.624. The van der Waals surface area contributed by atoms with Crippen molar-refractivity contribution >= 4 is 11.6 Å². The van der Waals surface area contributed by atoms with E-state index in [0.29, 0.717) is 6.54 Å². The standard InChI is InChI=1S/C15H22N4O/c1-3-4-5-8-16-14-10-15(19-12(2)18-14)17-11-13-7-6-9-20-13/h6-7,9-10H,3-5,8,11H2,1-2H3,(H2,16,17,18,19). The molecule has 2 aromatic heterocycles. The predicted octanol–water partition coefficient (Wildman–Crippen LogP) is 3.59. The van der Waals surface area contributed by atoms with Gasteiger partial charge in [0.1, 0.15) is 23.2 Å². The average molecular weight is 274 g/mol. The van der Waals surface area contributed by atoms with Crippen LogP contribution in [0.3, 0.4) is 0 Å². The number of hydrogen-bond acceptors (Lipinski definition) is 5. The van der Waals surface area contributed by atoms with Crippen LogP contribution in [0.4, 0.5) is 11.6 Å². The molecule has 0 amide bonds. The number of rotatable bonds is 8. The van der Waals surface area contributed by atoms with E-state index in [-0.39, 0.29) is 0 Å². The van der Waals surface area contributed by atoms with Gasteiger partial charge in [0.2, 0.25) is 0 Å². The molecule has 0 radical (unpaired) electrons. The van der Waals surface area contributed by atoms with Crippen LogP contribution in [-0.4, -0.2) is 16.5 Å². The van der Waals surface area contributed by atoms with Crippen molar-refractivity contribution < 1.29 is 4.42 Å². The van der Waals surface area contributed by atoms with Gasteiger partial charge in [-0.05, 0) is 25.5 Å². The summed E-state index contributed by atoms with van der Waals surface area (Å²) < 4.78 is 5.29. The first-order valence-electron chi connectivity index (χ1n) is 7.13. The Balaban J connectivity index is 1.90. The molecule has 0 aliphatic rings. The molecule has 2 rings (SSSR count). The summed E-state index contributed by atoms with van der Waals surface area (Å²) in [7, 11) is 0. The third kappa shape index (κ3) is 4.57. The molecule has 0 fully saturated rings. The van der Waals surface area contributed by atoms with E-state index in [4.69, 9.17) is 4.42 Å². The van der Waals surface area contributed by atoms with E-state index in [1.807, 2.05) is 25.1 Å². The smallest absolute Gasteiger partial charge is 0.132 e. The fourth-order valence-electron chi connectivity index (χ4n) is 1.93. The minimum Gasteiger partial charge on any atom is -0.467 e. The fourth-order valence-corrected chi connectivity index (χ4v) is 1.93. The van der Waals surface area contributed by atoms with Crippen LogP contribution in [0.2, 0.25) is 0 Å². The maximum atomic E-state index is 5.29. The molecule has 0 atom stereocenters. The first-order valence-corrected chi connectivity index (χ1v) is 7.13. The number of anilines is 2. The lowest BCUT2D eigenvalue weighted by Gasteiger charge is -2.09. The zero-order valence-electron chi connectivity index (χ0n) is 12.1. The fraction of sp³-hybridized carbons (Fsp3) is 0.467. The summed E-state index contributed by atoms with van der Waals surface area (Å²) in [5.74, 6) is 3.33. The molecule has 2 N–H and O–H groups in total. The van der Waals surface area contributed by atoms with Crippen LogP contribution in [0.15, 0.2) is 28.9 Å². The highest BCUT2D eigenvalue weighted by Gasteiger charge is 2.02. The minimum atomic E-state index is 0.624. The number of furan rings is 1. The van der Waals surface area contributed by atoms with Gasteiger partial charge in [0.25, 0.3) is 0 Å². The molecule has 0 spiro atoms. The molecule has 0 saturated carbocycles. The highest BCUT2D eigenvalue weighted by molar-refractivity contribution is 5.47. The number of aromatic nitrogens is 2. The van der Waals surface area contributed by atoms with Gasteiger partial charge in [-0.3, -0.25) is 0 Å². The Morgan fingerprint density at radius 3 is 2.65 bits per heavy atom. The molecule has 108 valence electrons. The Morgan fingerprint density at radius 2 is 1.95 bits per heavy atom. The van der Waals surface area contributed by atoms with E-state index in [1.54, 1.807) is 6.26 Å². The molecule has 0 aliphatic carbocycles. The van der Waals surface area contributed by atoms with Crippen molar-refractivity contribution in [3.05, 3.63) is 36.0 Å². The zero-order chi connectivity index (χ0) is 14.2. The van der Waals surface area contributed by atoms with Crippen molar-refractivity contribution in [3.8, 4) is 0 Å². The second kappa shape index (κ2) is 7.53. The van der Waals surface area contributed by atoms with E-state index >= 15 is 0 Å². The zero-order valence-corrected chi connectivity index (χ0v) is 12.1. The van der Waals surface area contributed by atoms with E-state index in [0.717, 1.165) is 36.2 Å². The van der Waals surface area contributed by atoms with Crippen LogP contribution >= 0.6 is 0 Å². The number of aryl methyl sites for hydroxylation is 1. The third-order valence-electron chi connectivity index (χ3n) is 2.95. The molecule has 0 bridgehead atoms. The topological polar surface area (TPSA) is 63.0 Å². The lowest BCUT2D eigenvalue weighted by Crippen LogP contribution is -2.07. The molecule has 0 aromatic carbocycles. The monoisotopic (exact) mass is 274 g/mol. The Kier molecular flexibility index (Phi) is 5.41. The highest BCUT2D eigenvalue weighted by atomic mass is 16.3. The summed E-state index contributed by atoms with van der Waals surface area (Å²) in [6.07, 6.45) is 5.29. The van der Waals surface area contributed by atoms with Crippen molar-refractivity contribution in [2.75, 3.05) is 17.2 Å². The van der Waals surface area contributed by atoms with E-state index < -0.39 is 0 Å². The van der Waals surface area contributed by atoms with Gasteiger partial charge in [0, 0.05) is 12.6 Å². The van der Waals surface area contributed by atoms with E-state index in [2.05, 4.69) is 27.5 Å². The van der Waals surface area contributed by atoms with E-state index in [1.165, 1.54) is 12.8 Å². The largest absolute Gasteiger partial charge is 0.467 e. The van der Waals surface area contributed by atoms with Gasteiger partial charge in [0.05, 0.1) is 12.8 Å². The Labute approximate surface area is 119 Å². The molecule has 5 heteroatoms. The molecule has 0 aliphatic heterocycles. The number of nitrogens with one attached hydrogen (secondary N) is 2. The second-order valence-electron chi connectivity index (χ2n) is 4.75. The van der Waals surface area contributed by atoms with Crippen molar-refractivity contribution in [1.29, 1.82) is 0 Å². The number of nitrogens with zero attached hydrogens (tertiary/aromatic N) is 2. The molecule has 0 unspecified atom stereocenters. The number of unbranched alkanes of at least 4 members (excludes halogenated alkanes) is 2. The van der Waals surface area contributed by atoms with E-state index in [9.17, 15) is 0 Å². The van der Waals surface area contributed by atoms with Gasteiger partial charge in [-0.1, -0.05) is 19.8 Å². The van der Waals surface area contributed by atoms with Crippen molar-refractivity contribution in [3.63, 3.8) is 0 Å². The van der Waals surface area contributed by atoms with Gasteiger partial charge >= 0.3 is 0 Å². The van der Waals surface area contributed by atoms with Gasteiger partial charge in [-0.25, -0.2) is 9.97 Å². The molecular weight excluding hydrogens is 252 g/mol. The maximum Gasteiger partial charge on any atom is 0.132 e. The molecule has 20 heavy (non-hydrogen) atoms. The first kappa shape index (κ1) is 14.4. The maximum absolute atomic E-state index is 5.29. The van der Waals surface area contributed by atoms with Gasteiger partial charge in [0.15, 0.2) is 0 Å². The summed E-state index contributed by atoms with van der Waals surface area (Å²) >= 11 is 0. The van der Waals surface area contributed by atoms with Crippen LogP contribution < -0.4 is 10.6 Å². The molecule has 5 nitrogen and oxygen atoms in total. The number of hydrogen-bond donors (Lipinski definition) is 2.